The van der Waals surface area contributed by atoms with Crippen molar-refractivity contribution in [2.75, 3.05) is 7.11 Å². The average Bonchev–Trinajstić information content (AvgIpc) is 2.76. The predicted molar refractivity (Wildman–Crippen MR) is 119 cm³/mol. The fraction of sp³-hybridized carbons (Fsp3) is 0.0400. The Labute approximate surface area is 177 Å². The summed E-state index contributed by atoms with van der Waals surface area (Å²) in [6.45, 7) is 0. The molecule has 1 heterocycles. The summed E-state index contributed by atoms with van der Waals surface area (Å²) in [7, 11) is 1.49. The number of fused-ring (bicyclic) bond motifs is 2. The van der Waals surface area contributed by atoms with Crippen LogP contribution < -0.4 is 4.74 Å². The Hall–Kier alpha value is -4.32. The van der Waals surface area contributed by atoms with Crippen molar-refractivity contribution in [1.29, 1.82) is 0 Å². The molecule has 1 aromatic heterocycles. The molecule has 0 spiro atoms. The molecule has 0 aliphatic carbocycles. The highest BCUT2D eigenvalue weighted by Crippen LogP contribution is 2.40. The van der Waals surface area contributed by atoms with Crippen LogP contribution in [0.5, 0.6) is 23.1 Å². The molecule has 5 aromatic rings. The van der Waals surface area contributed by atoms with E-state index in [2.05, 4.69) is 34.2 Å². The van der Waals surface area contributed by atoms with Crippen molar-refractivity contribution in [2.24, 2.45) is 0 Å². The molecule has 0 aliphatic rings. The molecule has 6 heteroatoms. The zero-order chi connectivity index (χ0) is 21.5. The molecule has 152 valence electrons. The first-order valence-electron chi connectivity index (χ1n) is 9.63. The molecule has 0 atom stereocenters. The van der Waals surface area contributed by atoms with E-state index in [9.17, 15) is 15.3 Å². The van der Waals surface area contributed by atoms with Gasteiger partial charge in [-0.25, -0.2) is 4.98 Å². The summed E-state index contributed by atoms with van der Waals surface area (Å²) >= 11 is 0. The van der Waals surface area contributed by atoms with E-state index in [4.69, 9.17) is 4.74 Å². The Bertz CT molecular complexity index is 1440. The van der Waals surface area contributed by atoms with Gasteiger partial charge in [-0.15, -0.1) is 0 Å². The topological polar surface area (TPSA) is 95.7 Å². The van der Waals surface area contributed by atoms with Gasteiger partial charge in [0.05, 0.1) is 12.8 Å². The van der Waals surface area contributed by atoms with Gasteiger partial charge in [-0.1, -0.05) is 36.4 Å². The lowest BCUT2D eigenvalue weighted by Crippen LogP contribution is -1.97. The molecule has 0 aliphatic heterocycles. The standard InChI is InChI=1S/C25H18N2O4/c1-31-23-13-20(26-25(27-23)24-21(29)11-19(28)12-22(24)30)17-7-6-16-8-14-4-2-3-5-15(14)9-18(16)10-17/h2-13,28-30H,1H3. The lowest BCUT2D eigenvalue weighted by Gasteiger charge is -2.11. The van der Waals surface area contributed by atoms with Crippen LogP contribution in [0.25, 0.3) is 44.2 Å². The first kappa shape index (κ1) is 18.7. The van der Waals surface area contributed by atoms with Crippen molar-refractivity contribution in [1.82, 2.24) is 9.97 Å². The highest BCUT2D eigenvalue weighted by molar-refractivity contribution is 5.99. The smallest absolute Gasteiger partial charge is 0.217 e. The van der Waals surface area contributed by atoms with Gasteiger partial charge in [-0.2, -0.15) is 4.98 Å². The van der Waals surface area contributed by atoms with Crippen LogP contribution in [0.3, 0.4) is 0 Å². The summed E-state index contributed by atoms with van der Waals surface area (Å²) in [5.41, 5.74) is 1.43. The van der Waals surface area contributed by atoms with E-state index in [0.717, 1.165) is 33.9 Å². The number of hydrogen-bond donors (Lipinski definition) is 3. The molecule has 5 rings (SSSR count). The van der Waals surface area contributed by atoms with Crippen molar-refractivity contribution in [2.45, 2.75) is 0 Å². The normalized spacial score (nSPS) is 11.1. The van der Waals surface area contributed by atoms with Crippen LogP contribution in [0.2, 0.25) is 0 Å². The maximum Gasteiger partial charge on any atom is 0.217 e. The van der Waals surface area contributed by atoms with Crippen LogP contribution in [0.4, 0.5) is 0 Å². The molecule has 4 aromatic carbocycles. The van der Waals surface area contributed by atoms with Gasteiger partial charge in [0.15, 0.2) is 5.82 Å². The number of aromatic hydroxyl groups is 3. The number of rotatable bonds is 3. The summed E-state index contributed by atoms with van der Waals surface area (Å²) in [6.07, 6.45) is 0. The highest BCUT2D eigenvalue weighted by Gasteiger charge is 2.18. The SMILES string of the molecule is COc1cc(-c2ccc3cc4ccccc4cc3c2)nc(-c2c(O)cc(O)cc2O)n1. The molecule has 3 N–H and O–H groups in total. The minimum Gasteiger partial charge on any atom is -0.508 e. The van der Waals surface area contributed by atoms with E-state index in [1.54, 1.807) is 6.07 Å². The van der Waals surface area contributed by atoms with Gasteiger partial charge < -0.3 is 20.1 Å². The number of nitrogens with zero attached hydrogens (tertiary/aromatic N) is 2. The summed E-state index contributed by atoms with van der Waals surface area (Å²) in [5, 5.41) is 34.6. The molecular weight excluding hydrogens is 392 g/mol. The molecule has 0 saturated heterocycles. The summed E-state index contributed by atoms with van der Waals surface area (Å²) in [4.78, 5) is 8.82. The second-order valence-electron chi connectivity index (χ2n) is 7.24. The maximum atomic E-state index is 10.3. The zero-order valence-corrected chi connectivity index (χ0v) is 16.6. The van der Waals surface area contributed by atoms with Crippen molar-refractivity contribution in [3.63, 3.8) is 0 Å². The number of hydrogen-bond acceptors (Lipinski definition) is 6. The first-order chi connectivity index (χ1) is 15.0. The van der Waals surface area contributed by atoms with Gasteiger partial charge in [0.25, 0.3) is 0 Å². The van der Waals surface area contributed by atoms with Gasteiger partial charge in [-0.3, -0.25) is 0 Å². The van der Waals surface area contributed by atoms with E-state index >= 15 is 0 Å². The van der Waals surface area contributed by atoms with E-state index < -0.39 is 0 Å². The van der Waals surface area contributed by atoms with Crippen LogP contribution >= 0.6 is 0 Å². The van der Waals surface area contributed by atoms with Crippen LogP contribution in [0, 0.1) is 0 Å². The van der Waals surface area contributed by atoms with Crippen molar-refractivity contribution in [3.05, 3.63) is 72.8 Å². The third-order valence-electron chi connectivity index (χ3n) is 5.22. The molecule has 0 radical (unpaired) electrons. The second kappa shape index (κ2) is 7.18. The minimum atomic E-state index is -0.332. The van der Waals surface area contributed by atoms with E-state index in [1.165, 1.54) is 12.5 Å². The fourth-order valence-electron chi connectivity index (χ4n) is 3.72. The number of methoxy groups -OCH3 is 1. The van der Waals surface area contributed by atoms with Crippen LogP contribution in [0.1, 0.15) is 0 Å². The number of aromatic nitrogens is 2. The molecule has 6 nitrogen and oxygen atoms in total. The van der Waals surface area contributed by atoms with E-state index in [-0.39, 0.29) is 34.5 Å². The predicted octanol–water partition coefficient (Wildman–Crippen LogP) is 5.24. The van der Waals surface area contributed by atoms with Crippen LogP contribution in [-0.4, -0.2) is 32.4 Å². The number of phenolic OH excluding ortho intramolecular Hbond substituents is 3. The summed E-state index contributed by atoms with van der Waals surface area (Å²) in [6, 6.07) is 22.4. The Morgan fingerprint density at radius 1 is 0.677 bits per heavy atom. The number of ether oxygens (including phenoxy) is 1. The second-order valence-corrected chi connectivity index (χ2v) is 7.24. The molecule has 0 unspecified atom stereocenters. The average molecular weight is 410 g/mol. The lowest BCUT2D eigenvalue weighted by molar-refractivity contribution is 0.397. The van der Waals surface area contributed by atoms with Gasteiger partial charge in [0.1, 0.15) is 22.8 Å². The quantitative estimate of drug-likeness (QED) is 0.352. The van der Waals surface area contributed by atoms with Crippen molar-refractivity contribution >= 4 is 21.5 Å². The zero-order valence-electron chi connectivity index (χ0n) is 16.6. The Morgan fingerprint density at radius 2 is 1.32 bits per heavy atom. The number of phenols is 3. The Balaban J connectivity index is 1.69. The first-order valence-corrected chi connectivity index (χ1v) is 9.63. The Kier molecular flexibility index (Phi) is 4.33. The largest absolute Gasteiger partial charge is 0.508 e. The van der Waals surface area contributed by atoms with Crippen LogP contribution in [-0.2, 0) is 0 Å². The molecule has 0 amide bonds. The van der Waals surface area contributed by atoms with E-state index in [0.29, 0.717) is 5.69 Å². The molecule has 0 fully saturated rings. The molecule has 0 saturated carbocycles. The molecule has 31 heavy (non-hydrogen) atoms. The van der Waals surface area contributed by atoms with Gasteiger partial charge in [-0.05, 0) is 39.7 Å². The van der Waals surface area contributed by atoms with Crippen LogP contribution in [0.15, 0.2) is 72.8 Å². The molecular formula is C25H18N2O4. The summed E-state index contributed by atoms with van der Waals surface area (Å²) < 4.78 is 5.32. The third-order valence-corrected chi connectivity index (χ3v) is 5.22. The monoisotopic (exact) mass is 410 g/mol. The third kappa shape index (κ3) is 3.34. The van der Waals surface area contributed by atoms with Crippen molar-refractivity contribution < 1.29 is 20.1 Å². The fourth-order valence-corrected chi connectivity index (χ4v) is 3.72. The minimum absolute atomic E-state index is 0.0183. The van der Waals surface area contributed by atoms with Crippen molar-refractivity contribution in [3.8, 4) is 45.8 Å². The lowest BCUT2D eigenvalue weighted by atomic mass is 10.0. The Morgan fingerprint density at radius 3 is 2.00 bits per heavy atom. The van der Waals surface area contributed by atoms with Gasteiger partial charge >= 0.3 is 0 Å². The number of benzene rings is 4. The van der Waals surface area contributed by atoms with E-state index in [1.807, 2.05) is 30.3 Å². The van der Waals surface area contributed by atoms with Gasteiger partial charge in [0, 0.05) is 23.8 Å². The maximum absolute atomic E-state index is 10.3. The highest BCUT2D eigenvalue weighted by atomic mass is 16.5. The molecule has 0 bridgehead atoms. The summed E-state index contributed by atoms with van der Waals surface area (Å²) in [5.74, 6) is -0.555. The van der Waals surface area contributed by atoms with Gasteiger partial charge in [0.2, 0.25) is 5.88 Å².